The van der Waals surface area contributed by atoms with Crippen molar-refractivity contribution in [1.82, 2.24) is 10.2 Å². The molecule has 1 atom stereocenters. The molecule has 1 fully saturated rings. The van der Waals surface area contributed by atoms with Crippen LogP contribution >= 0.6 is 15.9 Å². The van der Waals surface area contributed by atoms with Gasteiger partial charge in [-0.3, -0.25) is 9.69 Å². The maximum Gasteiger partial charge on any atom is 0.220 e. The number of nitrogens with one attached hydrogen (secondary N) is 1. The Morgan fingerprint density at radius 1 is 1.40 bits per heavy atom. The number of unbranched alkanes of at least 4 members (excludes halogenated alkanes) is 1. The number of halogens is 1. The van der Waals surface area contributed by atoms with Crippen molar-refractivity contribution in [3.8, 4) is 0 Å². The molecule has 0 spiro atoms. The highest BCUT2D eigenvalue weighted by Crippen LogP contribution is 2.24. The fourth-order valence-electron chi connectivity index (χ4n) is 2.62. The van der Waals surface area contributed by atoms with Crippen LogP contribution in [0.5, 0.6) is 0 Å². The molecule has 1 aromatic rings. The molecule has 1 aliphatic rings. The van der Waals surface area contributed by atoms with Crippen LogP contribution in [-0.4, -0.2) is 35.8 Å². The molecule has 4 nitrogen and oxygen atoms in total. The summed E-state index contributed by atoms with van der Waals surface area (Å²) < 4.78 is 5.54. The first-order valence-electron chi connectivity index (χ1n) is 7.41. The summed E-state index contributed by atoms with van der Waals surface area (Å²) in [6.45, 7) is 2.82. The van der Waals surface area contributed by atoms with Gasteiger partial charge >= 0.3 is 0 Å². The third-order valence-corrected chi connectivity index (χ3v) is 4.29. The van der Waals surface area contributed by atoms with Crippen LogP contribution in [0.2, 0.25) is 0 Å². The predicted molar refractivity (Wildman–Crippen MR) is 82.9 cm³/mol. The molecular formula is C15H23BrN2O2. The van der Waals surface area contributed by atoms with Gasteiger partial charge in [0.25, 0.3) is 0 Å². The molecule has 1 saturated heterocycles. The third-order valence-electron chi connectivity index (χ3n) is 3.73. The van der Waals surface area contributed by atoms with E-state index in [1.54, 1.807) is 6.26 Å². The summed E-state index contributed by atoms with van der Waals surface area (Å²) in [5.41, 5.74) is 0. The quantitative estimate of drug-likeness (QED) is 0.583. The topological polar surface area (TPSA) is 45.5 Å². The van der Waals surface area contributed by atoms with Gasteiger partial charge < -0.3 is 9.73 Å². The first-order chi connectivity index (χ1) is 9.81. The van der Waals surface area contributed by atoms with Gasteiger partial charge in [0.15, 0.2) is 0 Å². The number of amides is 1. The van der Waals surface area contributed by atoms with Crippen molar-refractivity contribution >= 4 is 21.8 Å². The average molecular weight is 343 g/mol. The van der Waals surface area contributed by atoms with Crippen LogP contribution < -0.4 is 5.32 Å². The average Bonchev–Trinajstić information content (AvgIpc) is 3.12. The first kappa shape index (κ1) is 15.6. The van der Waals surface area contributed by atoms with Gasteiger partial charge in [0.05, 0.1) is 12.3 Å². The lowest BCUT2D eigenvalue weighted by Crippen LogP contribution is -2.36. The number of rotatable bonds is 8. The molecule has 0 radical (unpaired) electrons. The van der Waals surface area contributed by atoms with Crippen LogP contribution in [0, 0.1) is 0 Å². The molecular weight excluding hydrogens is 320 g/mol. The highest BCUT2D eigenvalue weighted by Gasteiger charge is 2.25. The maximum absolute atomic E-state index is 11.8. The molecule has 1 N–H and O–H groups in total. The lowest BCUT2D eigenvalue weighted by Gasteiger charge is -2.26. The minimum atomic E-state index is 0.140. The van der Waals surface area contributed by atoms with Gasteiger partial charge in [0.1, 0.15) is 5.76 Å². The second-order valence-electron chi connectivity index (χ2n) is 5.22. The van der Waals surface area contributed by atoms with Crippen molar-refractivity contribution in [2.24, 2.45) is 0 Å². The van der Waals surface area contributed by atoms with Gasteiger partial charge in [-0.2, -0.15) is 0 Å². The van der Waals surface area contributed by atoms with Crippen LogP contribution in [-0.2, 0) is 4.79 Å². The molecule has 112 valence electrons. The fraction of sp³-hybridized carbons (Fsp3) is 0.667. The van der Waals surface area contributed by atoms with E-state index in [1.165, 1.54) is 12.8 Å². The minimum absolute atomic E-state index is 0.140. The number of likely N-dealkylation sites (tertiary alicyclic amines) is 1. The molecule has 0 aliphatic carbocycles. The molecule has 0 aromatic carbocycles. The highest BCUT2D eigenvalue weighted by atomic mass is 79.9. The number of alkyl halides is 1. The van der Waals surface area contributed by atoms with E-state index in [9.17, 15) is 4.79 Å². The van der Waals surface area contributed by atoms with E-state index in [4.69, 9.17) is 4.42 Å². The Labute approximate surface area is 129 Å². The predicted octanol–water partition coefficient (Wildman–Crippen LogP) is 3.10. The smallest absolute Gasteiger partial charge is 0.220 e. The van der Waals surface area contributed by atoms with Crippen molar-refractivity contribution < 1.29 is 9.21 Å². The van der Waals surface area contributed by atoms with Crippen molar-refractivity contribution in [3.05, 3.63) is 24.2 Å². The van der Waals surface area contributed by atoms with Gasteiger partial charge in [-0.05, 0) is 50.9 Å². The van der Waals surface area contributed by atoms with Gasteiger partial charge in [0.2, 0.25) is 5.91 Å². The summed E-state index contributed by atoms with van der Waals surface area (Å²) in [5.74, 6) is 1.09. The summed E-state index contributed by atoms with van der Waals surface area (Å²) >= 11 is 3.38. The van der Waals surface area contributed by atoms with E-state index in [0.29, 0.717) is 13.0 Å². The zero-order chi connectivity index (χ0) is 14.2. The van der Waals surface area contributed by atoms with E-state index >= 15 is 0 Å². The van der Waals surface area contributed by atoms with Crippen LogP contribution in [0.1, 0.15) is 43.9 Å². The Bertz CT molecular complexity index is 389. The zero-order valence-corrected chi connectivity index (χ0v) is 13.4. The van der Waals surface area contributed by atoms with Crippen molar-refractivity contribution in [2.45, 2.75) is 38.1 Å². The largest absolute Gasteiger partial charge is 0.468 e. The Balaban J connectivity index is 1.83. The highest BCUT2D eigenvalue weighted by molar-refractivity contribution is 9.09. The Hall–Kier alpha value is -0.810. The van der Waals surface area contributed by atoms with E-state index < -0.39 is 0 Å². The number of hydrogen-bond acceptors (Lipinski definition) is 3. The number of furan rings is 1. The number of carbonyl (C=O) groups is 1. The van der Waals surface area contributed by atoms with Crippen LogP contribution in [0.3, 0.4) is 0 Å². The van der Waals surface area contributed by atoms with Crippen molar-refractivity contribution in [3.63, 3.8) is 0 Å². The number of nitrogens with zero attached hydrogens (tertiary/aromatic N) is 1. The molecule has 0 bridgehead atoms. The van der Waals surface area contributed by atoms with E-state index in [-0.39, 0.29) is 11.9 Å². The lowest BCUT2D eigenvalue weighted by atomic mass is 10.2. The maximum atomic E-state index is 11.8. The molecule has 2 heterocycles. The van der Waals surface area contributed by atoms with Crippen molar-refractivity contribution in [1.29, 1.82) is 0 Å². The van der Waals surface area contributed by atoms with Gasteiger partial charge in [-0.1, -0.05) is 15.9 Å². The van der Waals surface area contributed by atoms with Crippen molar-refractivity contribution in [2.75, 3.05) is 25.0 Å². The summed E-state index contributed by atoms with van der Waals surface area (Å²) in [4.78, 5) is 14.2. The van der Waals surface area contributed by atoms with E-state index in [1.807, 2.05) is 12.1 Å². The second kappa shape index (κ2) is 8.47. The first-order valence-corrected chi connectivity index (χ1v) is 8.53. The summed E-state index contributed by atoms with van der Waals surface area (Å²) in [5, 5.41) is 4.01. The molecule has 1 aliphatic heterocycles. The van der Waals surface area contributed by atoms with Crippen LogP contribution in [0.25, 0.3) is 0 Å². The van der Waals surface area contributed by atoms with Gasteiger partial charge in [-0.15, -0.1) is 0 Å². The second-order valence-corrected chi connectivity index (χ2v) is 6.02. The fourth-order valence-corrected chi connectivity index (χ4v) is 3.02. The van der Waals surface area contributed by atoms with Crippen LogP contribution in [0.4, 0.5) is 0 Å². The zero-order valence-electron chi connectivity index (χ0n) is 11.8. The molecule has 5 heteroatoms. The normalized spacial score (nSPS) is 17.2. The standard InChI is InChI=1S/C15H23BrN2O2/c16-8-2-1-7-15(19)17-12-13(14-6-5-11-20-14)18-9-3-4-10-18/h5-6,11,13H,1-4,7-10,12H2,(H,17,19). The SMILES string of the molecule is O=C(CCCCBr)NCC(c1ccco1)N1CCCC1. The molecule has 0 saturated carbocycles. The summed E-state index contributed by atoms with van der Waals surface area (Å²) in [6, 6.07) is 4.09. The molecule has 1 unspecified atom stereocenters. The summed E-state index contributed by atoms with van der Waals surface area (Å²) in [7, 11) is 0. The molecule has 1 aromatic heterocycles. The molecule has 2 rings (SSSR count). The monoisotopic (exact) mass is 342 g/mol. The third kappa shape index (κ3) is 4.63. The Morgan fingerprint density at radius 3 is 2.85 bits per heavy atom. The molecule has 1 amide bonds. The van der Waals surface area contributed by atoms with Gasteiger partial charge in [0, 0.05) is 18.3 Å². The van der Waals surface area contributed by atoms with E-state index in [0.717, 1.165) is 37.0 Å². The van der Waals surface area contributed by atoms with E-state index in [2.05, 4.69) is 26.1 Å². The van der Waals surface area contributed by atoms with Gasteiger partial charge in [-0.25, -0.2) is 0 Å². The number of carbonyl (C=O) groups excluding carboxylic acids is 1. The summed E-state index contributed by atoms with van der Waals surface area (Å²) in [6.07, 6.45) is 6.76. The Morgan fingerprint density at radius 2 is 2.20 bits per heavy atom. The molecule has 20 heavy (non-hydrogen) atoms. The lowest BCUT2D eigenvalue weighted by molar-refractivity contribution is -0.121. The Kier molecular flexibility index (Phi) is 6.60. The van der Waals surface area contributed by atoms with Crippen LogP contribution in [0.15, 0.2) is 22.8 Å². The minimum Gasteiger partial charge on any atom is -0.468 e. The number of hydrogen-bond donors (Lipinski definition) is 1.